The number of H-pyrrole nitrogens is 1. The molecule has 1 atom stereocenters. The third-order valence-electron chi connectivity index (χ3n) is 3.95. The number of carbonyl (C=O) groups is 1. The molecule has 1 aliphatic rings. The van der Waals surface area contributed by atoms with E-state index in [1.807, 2.05) is 6.92 Å². The zero-order chi connectivity index (χ0) is 14.8. The first-order valence-electron chi connectivity index (χ1n) is 7.16. The van der Waals surface area contributed by atoms with Gasteiger partial charge in [-0.2, -0.15) is 0 Å². The Kier molecular flexibility index (Phi) is 3.73. The molecule has 1 aromatic heterocycles. The van der Waals surface area contributed by atoms with Crippen LogP contribution in [0, 0.1) is 12.7 Å². The standard InChI is InChI=1S/C16H18FN3O/c1-11-9-18-16(19-11)13-6-7-20(10-13)15(21)8-12-4-2-3-5-14(12)17/h2-5,9,13H,6-8,10H2,1H3,(H,18,19). The number of aryl methyl sites for hydroxylation is 1. The zero-order valence-corrected chi connectivity index (χ0v) is 12.0. The van der Waals surface area contributed by atoms with Crippen LogP contribution >= 0.6 is 0 Å². The number of aromatic amines is 1. The summed E-state index contributed by atoms with van der Waals surface area (Å²) in [7, 11) is 0. The van der Waals surface area contributed by atoms with Gasteiger partial charge >= 0.3 is 0 Å². The summed E-state index contributed by atoms with van der Waals surface area (Å²) in [5, 5.41) is 0. The van der Waals surface area contributed by atoms with Crippen LogP contribution in [0.4, 0.5) is 4.39 Å². The molecule has 0 spiro atoms. The van der Waals surface area contributed by atoms with E-state index >= 15 is 0 Å². The summed E-state index contributed by atoms with van der Waals surface area (Å²) in [4.78, 5) is 21.6. The van der Waals surface area contributed by atoms with Gasteiger partial charge in [-0.3, -0.25) is 4.79 Å². The van der Waals surface area contributed by atoms with Crippen molar-refractivity contribution in [1.29, 1.82) is 0 Å². The number of hydrogen-bond donors (Lipinski definition) is 1. The topological polar surface area (TPSA) is 49.0 Å². The predicted molar refractivity (Wildman–Crippen MR) is 77.4 cm³/mol. The highest BCUT2D eigenvalue weighted by molar-refractivity contribution is 5.79. The first-order valence-corrected chi connectivity index (χ1v) is 7.16. The zero-order valence-electron chi connectivity index (χ0n) is 12.0. The van der Waals surface area contributed by atoms with Gasteiger partial charge in [-0.25, -0.2) is 9.37 Å². The average molecular weight is 287 g/mol. The molecule has 2 heterocycles. The second-order valence-electron chi connectivity index (χ2n) is 5.54. The quantitative estimate of drug-likeness (QED) is 0.942. The number of benzene rings is 1. The van der Waals surface area contributed by atoms with Gasteiger partial charge in [0.15, 0.2) is 0 Å². The maximum atomic E-state index is 13.6. The Morgan fingerprint density at radius 2 is 2.29 bits per heavy atom. The van der Waals surface area contributed by atoms with Crippen LogP contribution in [-0.4, -0.2) is 33.9 Å². The molecule has 2 aromatic rings. The van der Waals surface area contributed by atoms with Crippen molar-refractivity contribution in [3.05, 3.63) is 53.4 Å². The number of hydrogen-bond acceptors (Lipinski definition) is 2. The number of nitrogens with one attached hydrogen (secondary N) is 1. The fraction of sp³-hybridized carbons (Fsp3) is 0.375. The van der Waals surface area contributed by atoms with E-state index in [4.69, 9.17) is 0 Å². The van der Waals surface area contributed by atoms with E-state index in [9.17, 15) is 9.18 Å². The van der Waals surface area contributed by atoms with Crippen LogP contribution in [0.25, 0.3) is 0 Å². The van der Waals surface area contributed by atoms with Crippen LogP contribution in [0.3, 0.4) is 0 Å². The summed E-state index contributed by atoms with van der Waals surface area (Å²) in [5.74, 6) is 0.853. The van der Waals surface area contributed by atoms with Gasteiger partial charge in [0.1, 0.15) is 11.6 Å². The lowest BCUT2D eigenvalue weighted by Crippen LogP contribution is -2.30. The molecule has 1 amide bonds. The number of imidazole rings is 1. The van der Waals surface area contributed by atoms with Crippen molar-refractivity contribution in [3.63, 3.8) is 0 Å². The molecule has 1 unspecified atom stereocenters. The first kappa shape index (κ1) is 13.8. The van der Waals surface area contributed by atoms with Crippen LogP contribution < -0.4 is 0 Å². The molecule has 1 saturated heterocycles. The number of nitrogens with zero attached hydrogens (tertiary/aromatic N) is 2. The lowest BCUT2D eigenvalue weighted by atomic mass is 10.1. The van der Waals surface area contributed by atoms with Gasteiger partial charge in [0.05, 0.1) is 6.42 Å². The number of carbonyl (C=O) groups excluding carboxylic acids is 1. The molecule has 1 aromatic carbocycles. The normalized spacial score (nSPS) is 18.2. The lowest BCUT2D eigenvalue weighted by Gasteiger charge is -2.16. The highest BCUT2D eigenvalue weighted by Crippen LogP contribution is 2.25. The van der Waals surface area contributed by atoms with Crippen LogP contribution in [0.15, 0.2) is 30.5 Å². The molecule has 1 aliphatic heterocycles. The Hall–Kier alpha value is -2.17. The Bertz CT molecular complexity index is 652. The van der Waals surface area contributed by atoms with Crippen molar-refractivity contribution in [2.75, 3.05) is 13.1 Å². The third-order valence-corrected chi connectivity index (χ3v) is 3.95. The Morgan fingerprint density at radius 1 is 1.48 bits per heavy atom. The van der Waals surface area contributed by atoms with E-state index in [-0.39, 0.29) is 24.1 Å². The molecule has 3 rings (SSSR count). The highest BCUT2D eigenvalue weighted by Gasteiger charge is 2.29. The summed E-state index contributed by atoms with van der Waals surface area (Å²) in [6.07, 6.45) is 2.83. The summed E-state index contributed by atoms with van der Waals surface area (Å²) in [6, 6.07) is 6.44. The van der Waals surface area contributed by atoms with E-state index in [2.05, 4.69) is 9.97 Å². The highest BCUT2D eigenvalue weighted by atomic mass is 19.1. The van der Waals surface area contributed by atoms with Crippen molar-refractivity contribution >= 4 is 5.91 Å². The molecule has 1 fully saturated rings. The molecular formula is C16H18FN3O. The Morgan fingerprint density at radius 3 is 3.00 bits per heavy atom. The fourth-order valence-electron chi connectivity index (χ4n) is 2.77. The van der Waals surface area contributed by atoms with E-state index in [1.165, 1.54) is 6.07 Å². The molecule has 5 heteroatoms. The molecule has 21 heavy (non-hydrogen) atoms. The fourth-order valence-corrected chi connectivity index (χ4v) is 2.77. The first-order chi connectivity index (χ1) is 10.1. The third kappa shape index (κ3) is 2.96. The lowest BCUT2D eigenvalue weighted by molar-refractivity contribution is -0.129. The minimum atomic E-state index is -0.316. The molecule has 0 aliphatic carbocycles. The maximum absolute atomic E-state index is 13.6. The van der Waals surface area contributed by atoms with Crippen molar-refractivity contribution in [2.24, 2.45) is 0 Å². The average Bonchev–Trinajstić information content (AvgIpc) is 3.10. The SMILES string of the molecule is Cc1cnc(C2CCN(C(=O)Cc3ccccc3F)C2)[nH]1. The number of aromatic nitrogens is 2. The second kappa shape index (κ2) is 5.68. The monoisotopic (exact) mass is 287 g/mol. The van der Waals surface area contributed by atoms with Gasteiger partial charge in [0.2, 0.25) is 5.91 Å². The van der Waals surface area contributed by atoms with E-state index in [1.54, 1.807) is 29.3 Å². The summed E-state index contributed by atoms with van der Waals surface area (Å²) in [5.41, 5.74) is 1.49. The van der Waals surface area contributed by atoms with Crippen LogP contribution in [0.5, 0.6) is 0 Å². The second-order valence-corrected chi connectivity index (χ2v) is 5.54. The molecule has 4 nitrogen and oxygen atoms in total. The van der Waals surface area contributed by atoms with Gasteiger partial charge < -0.3 is 9.88 Å². The van der Waals surface area contributed by atoms with Crippen molar-refractivity contribution in [1.82, 2.24) is 14.9 Å². The van der Waals surface area contributed by atoms with E-state index in [0.717, 1.165) is 17.9 Å². The molecule has 1 N–H and O–H groups in total. The number of halogens is 1. The molecule has 0 bridgehead atoms. The van der Waals surface area contributed by atoms with Crippen LogP contribution in [-0.2, 0) is 11.2 Å². The maximum Gasteiger partial charge on any atom is 0.227 e. The van der Waals surface area contributed by atoms with Crippen LogP contribution in [0.2, 0.25) is 0 Å². The van der Waals surface area contributed by atoms with Crippen molar-refractivity contribution < 1.29 is 9.18 Å². The van der Waals surface area contributed by atoms with Gasteiger partial charge in [0.25, 0.3) is 0 Å². The van der Waals surface area contributed by atoms with E-state index in [0.29, 0.717) is 18.7 Å². The molecule has 0 radical (unpaired) electrons. The molecular weight excluding hydrogens is 269 g/mol. The smallest absolute Gasteiger partial charge is 0.227 e. The predicted octanol–water partition coefficient (Wildman–Crippen LogP) is 2.42. The van der Waals surface area contributed by atoms with Crippen molar-refractivity contribution in [3.8, 4) is 0 Å². The van der Waals surface area contributed by atoms with Gasteiger partial charge in [-0.1, -0.05) is 18.2 Å². The van der Waals surface area contributed by atoms with Crippen LogP contribution in [0.1, 0.15) is 29.4 Å². The van der Waals surface area contributed by atoms with Gasteiger partial charge in [-0.05, 0) is 25.0 Å². The minimum Gasteiger partial charge on any atom is -0.346 e. The number of amides is 1. The summed E-state index contributed by atoms with van der Waals surface area (Å²) in [6.45, 7) is 3.32. The largest absolute Gasteiger partial charge is 0.346 e. The molecule has 110 valence electrons. The Labute approximate surface area is 123 Å². The number of likely N-dealkylation sites (tertiary alicyclic amines) is 1. The van der Waals surface area contributed by atoms with E-state index < -0.39 is 0 Å². The molecule has 0 saturated carbocycles. The summed E-state index contributed by atoms with van der Waals surface area (Å²) < 4.78 is 13.6. The number of rotatable bonds is 3. The minimum absolute atomic E-state index is 0.0223. The van der Waals surface area contributed by atoms with Crippen molar-refractivity contribution in [2.45, 2.75) is 25.7 Å². The summed E-state index contributed by atoms with van der Waals surface area (Å²) >= 11 is 0. The van der Waals surface area contributed by atoms with Gasteiger partial charge in [0, 0.05) is 30.9 Å². The Balaban J connectivity index is 1.63. The van der Waals surface area contributed by atoms with Gasteiger partial charge in [-0.15, -0.1) is 0 Å².